The number of halogens is 4. The maximum absolute atomic E-state index is 13.9. The lowest BCUT2D eigenvalue weighted by atomic mass is 10.0. The molecule has 31 heavy (non-hydrogen) atoms. The fourth-order valence-electron chi connectivity index (χ4n) is 2.81. The van der Waals surface area contributed by atoms with E-state index in [0.29, 0.717) is 23.4 Å². The van der Waals surface area contributed by atoms with Crippen molar-refractivity contribution in [2.45, 2.75) is 22.6 Å². The molecule has 2 aromatic carbocycles. The number of benzene rings is 2. The fourth-order valence-corrected chi connectivity index (χ4v) is 3.81. The van der Waals surface area contributed by atoms with Gasteiger partial charge in [0.15, 0.2) is 17.4 Å². The Hall–Kier alpha value is -2.78. The van der Waals surface area contributed by atoms with E-state index in [2.05, 4.69) is 4.98 Å². The first-order valence-electron chi connectivity index (χ1n) is 8.92. The Labute approximate surface area is 184 Å². The minimum atomic E-state index is -1.56. The van der Waals surface area contributed by atoms with E-state index in [9.17, 15) is 27.9 Å². The number of carboxylic acids is 1. The van der Waals surface area contributed by atoms with Crippen molar-refractivity contribution in [2.24, 2.45) is 0 Å². The summed E-state index contributed by atoms with van der Waals surface area (Å²) in [6.07, 6.45) is 0. The smallest absolute Gasteiger partial charge is 0.342 e. The molecule has 0 bridgehead atoms. The van der Waals surface area contributed by atoms with Crippen LogP contribution in [-0.4, -0.2) is 33.4 Å². The van der Waals surface area contributed by atoms with Crippen molar-refractivity contribution < 1.29 is 32.6 Å². The number of aromatic carboxylic acids is 1. The van der Waals surface area contributed by atoms with Crippen LogP contribution in [0.2, 0.25) is 0 Å². The number of esters is 1. The van der Waals surface area contributed by atoms with E-state index in [0.717, 1.165) is 6.07 Å². The molecule has 3 rings (SSSR count). The molecule has 0 aliphatic rings. The molecule has 0 aliphatic heterocycles. The zero-order valence-electron chi connectivity index (χ0n) is 15.9. The molecule has 1 aromatic heterocycles. The first-order chi connectivity index (χ1) is 14.7. The van der Waals surface area contributed by atoms with Crippen LogP contribution < -0.4 is 4.74 Å². The number of carboxylic acid groups (broad SMARTS) is 1. The molecule has 1 heterocycles. The molecule has 5 nitrogen and oxygen atoms in total. The Morgan fingerprint density at radius 2 is 1.84 bits per heavy atom. The van der Waals surface area contributed by atoms with Crippen LogP contribution in [0.1, 0.15) is 28.8 Å². The lowest BCUT2D eigenvalue weighted by Crippen LogP contribution is -2.19. The van der Waals surface area contributed by atoms with Gasteiger partial charge in [-0.25, -0.2) is 22.9 Å². The van der Waals surface area contributed by atoms with Gasteiger partial charge >= 0.3 is 11.9 Å². The molecule has 1 N–H and O–H groups in total. The van der Waals surface area contributed by atoms with Crippen molar-refractivity contribution in [1.82, 2.24) is 4.98 Å². The van der Waals surface area contributed by atoms with Crippen LogP contribution in [0.25, 0.3) is 10.9 Å². The van der Waals surface area contributed by atoms with Crippen molar-refractivity contribution in [2.75, 3.05) is 6.67 Å². The standard InChI is InChI=1S/C21H15ClF3NO4S/c1-10(11-5-3-2-4-6-11)21(29)30-18-12-7-13(24)14(25)8-15(12)26-19(17(18)20(27)28)31-16(22)9-23/h2-8,10,16H,9H2,1H3,(H,27,28). The third-order valence-electron chi connectivity index (χ3n) is 4.38. The average molecular weight is 470 g/mol. The van der Waals surface area contributed by atoms with Gasteiger partial charge in [-0.05, 0) is 18.6 Å². The molecule has 0 aliphatic carbocycles. The summed E-state index contributed by atoms with van der Waals surface area (Å²) in [6.45, 7) is 0.540. The van der Waals surface area contributed by atoms with Crippen LogP contribution in [0.15, 0.2) is 47.5 Å². The van der Waals surface area contributed by atoms with E-state index in [-0.39, 0.29) is 15.9 Å². The Kier molecular flexibility index (Phi) is 7.07. The highest BCUT2D eigenvalue weighted by atomic mass is 35.5. The maximum atomic E-state index is 13.9. The molecule has 2 unspecified atom stereocenters. The highest BCUT2D eigenvalue weighted by Crippen LogP contribution is 2.39. The summed E-state index contributed by atoms with van der Waals surface area (Å²) >= 11 is 6.35. The topological polar surface area (TPSA) is 76.5 Å². The third kappa shape index (κ3) is 4.94. The van der Waals surface area contributed by atoms with Crippen LogP contribution in [0.5, 0.6) is 5.75 Å². The van der Waals surface area contributed by atoms with Crippen molar-refractivity contribution in [3.8, 4) is 5.75 Å². The number of fused-ring (bicyclic) bond motifs is 1. The molecule has 0 radical (unpaired) electrons. The van der Waals surface area contributed by atoms with Crippen LogP contribution in [0.3, 0.4) is 0 Å². The largest absolute Gasteiger partial charge is 0.477 e. The highest BCUT2D eigenvalue weighted by molar-refractivity contribution is 8.01. The molecular formula is C21H15ClF3NO4S. The van der Waals surface area contributed by atoms with Gasteiger partial charge in [0.25, 0.3) is 0 Å². The van der Waals surface area contributed by atoms with Crippen molar-refractivity contribution in [3.63, 3.8) is 0 Å². The number of rotatable bonds is 7. The van der Waals surface area contributed by atoms with Gasteiger partial charge < -0.3 is 9.84 Å². The number of hydrogen-bond acceptors (Lipinski definition) is 5. The Morgan fingerprint density at radius 3 is 2.45 bits per heavy atom. The van der Waals surface area contributed by atoms with E-state index in [1.807, 2.05) is 0 Å². The van der Waals surface area contributed by atoms with E-state index >= 15 is 0 Å². The van der Waals surface area contributed by atoms with Crippen molar-refractivity contribution in [3.05, 3.63) is 65.2 Å². The maximum Gasteiger partial charge on any atom is 0.342 e. The summed E-state index contributed by atoms with van der Waals surface area (Å²) in [5.74, 6) is -6.21. The Balaban J connectivity index is 2.18. The van der Waals surface area contributed by atoms with Gasteiger partial charge in [0, 0.05) is 11.5 Å². The zero-order chi connectivity index (χ0) is 22.7. The van der Waals surface area contributed by atoms with Gasteiger partial charge in [0.1, 0.15) is 22.0 Å². The predicted octanol–water partition coefficient (Wildman–Crippen LogP) is 5.55. The van der Waals surface area contributed by atoms with Crippen LogP contribution in [-0.2, 0) is 4.79 Å². The van der Waals surface area contributed by atoms with Gasteiger partial charge in [-0.1, -0.05) is 42.1 Å². The normalized spacial score (nSPS) is 13.1. The van der Waals surface area contributed by atoms with Gasteiger partial charge in [0.2, 0.25) is 0 Å². The minimum Gasteiger partial charge on any atom is -0.477 e. The number of hydrogen-bond donors (Lipinski definition) is 1. The number of nitrogens with zero attached hydrogens (tertiary/aromatic N) is 1. The molecule has 162 valence electrons. The van der Waals surface area contributed by atoms with Gasteiger partial charge in [-0.3, -0.25) is 4.79 Å². The molecule has 0 saturated carbocycles. The summed E-state index contributed by atoms with van der Waals surface area (Å²) in [5, 5.41) is 9.22. The van der Waals surface area contributed by atoms with Gasteiger partial charge in [-0.2, -0.15) is 0 Å². The molecule has 2 atom stereocenters. The van der Waals surface area contributed by atoms with Crippen LogP contribution >= 0.6 is 23.4 Å². The minimum absolute atomic E-state index is 0.177. The number of ether oxygens (including phenoxy) is 1. The summed E-state index contributed by atoms with van der Waals surface area (Å²) in [7, 11) is 0. The van der Waals surface area contributed by atoms with Crippen LogP contribution in [0, 0.1) is 11.6 Å². The number of aromatic nitrogens is 1. The van der Waals surface area contributed by atoms with Gasteiger partial charge in [-0.15, -0.1) is 11.6 Å². The molecule has 0 saturated heterocycles. The molecule has 3 aromatic rings. The summed E-state index contributed by atoms with van der Waals surface area (Å²) in [4.78, 5) is 28.7. The summed E-state index contributed by atoms with van der Waals surface area (Å²) in [5.41, 5.74) is -0.173. The average Bonchev–Trinajstić information content (AvgIpc) is 2.74. The third-order valence-corrected chi connectivity index (χ3v) is 5.66. The number of pyridine rings is 1. The van der Waals surface area contributed by atoms with Crippen LogP contribution in [0.4, 0.5) is 13.2 Å². The summed E-state index contributed by atoms with van der Waals surface area (Å²) in [6, 6.07) is 9.99. The van der Waals surface area contributed by atoms with E-state index in [1.54, 1.807) is 37.3 Å². The molecule has 0 fully saturated rings. The monoisotopic (exact) mass is 469 g/mol. The second-order valence-electron chi connectivity index (χ2n) is 6.45. The van der Waals surface area contributed by atoms with E-state index in [4.69, 9.17) is 16.3 Å². The number of carbonyl (C=O) groups is 2. The first kappa shape index (κ1) is 22.9. The first-order valence-corrected chi connectivity index (χ1v) is 10.2. The van der Waals surface area contributed by atoms with E-state index < -0.39 is 52.2 Å². The van der Waals surface area contributed by atoms with Gasteiger partial charge in [0.05, 0.1) is 11.4 Å². The highest BCUT2D eigenvalue weighted by Gasteiger charge is 2.28. The lowest BCUT2D eigenvalue weighted by Gasteiger charge is -2.17. The van der Waals surface area contributed by atoms with E-state index in [1.165, 1.54) is 0 Å². The second-order valence-corrected chi connectivity index (χ2v) is 8.42. The van der Waals surface area contributed by atoms with Crippen molar-refractivity contribution >= 4 is 46.2 Å². The molecule has 0 amide bonds. The quantitative estimate of drug-likeness (QED) is 0.278. The molecule has 10 heteroatoms. The fraction of sp³-hybridized carbons (Fsp3) is 0.190. The predicted molar refractivity (Wildman–Crippen MR) is 111 cm³/mol. The summed E-state index contributed by atoms with van der Waals surface area (Å²) < 4.78 is 44.8. The zero-order valence-corrected chi connectivity index (χ0v) is 17.5. The SMILES string of the molecule is CC(C(=O)Oc1c(C(=O)O)c(SC(Cl)CF)nc2cc(F)c(F)cc12)c1ccccc1. The molecule has 0 spiro atoms. The Bertz CT molecular complexity index is 1150. The Morgan fingerprint density at radius 1 is 1.19 bits per heavy atom. The number of alkyl halides is 2. The molecular weight excluding hydrogens is 455 g/mol. The number of carbonyl (C=O) groups excluding carboxylic acids is 1. The van der Waals surface area contributed by atoms with Crippen molar-refractivity contribution in [1.29, 1.82) is 0 Å². The lowest BCUT2D eigenvalue weighted by molar-refractivity contribution is -0.135. The second kappa shape index (κ2) is 9.57. The number of thioether (sulfide) groups is 1.